The number of fused-ring (bicyclic) bond motifs is 15. The van der Waals surface area contributed by atoms with Crippen LogP contribution in [-0.2, 0) is 117 Å². The predicted molar refractivity (Wildman–Crippen MR) is 481 cm³/mol. The van der Waals surface area contributed by atoms with Gasteiger partial charge in [-0.05, 0) is 313 Å². The van der Waals surface area contributed by atoms with Crippen LogP contribution >= 0.6 is 19.8 Å². The molecule has 12 rings (SSSR count). The van der Waals surface area contributed by atoms with Gasteiger partial charge in [0.05, 0.1) is 30.6 Å². The fourth-order valence-electron chi connectivity index (χ4n) is 29.0. The van der Waals surface area contributed by atoms with Gasteiger partial charge in [0.25, 0.3) is 10.1 Å². The van der Waals surface area contributed by atoms with Gasteiger partial charge in [-0.1, -0.05) is 85.9 Å². The molecule has 0 aliphatic heterocycles. The predicted octanol–water partition coefficient (Wildman–Crippen LogP) is 9.42. The molecule has 18 unspecified atom stereocenters. The highest BCUT2D eigenvalue weighted by atomic mass is 32.7. The molecule has 0 saturated heterocycles. The van der Waals surface area contributed by atoms with Gasteiger partial charge in [0, 0.05) is 50.9 Å². The lowest BCUT2D eigenvalue weighted by molar-refractivity contribution is -0.204. The summed E-state index contributed by atoms with van der Waals surface area (Å²) in [5.74, 6) is 0.320. The molecule has 7 amide bonds. The summed E-state index contributed by atoms with van der Waals surface area (Å²) in [5.41, 5.74) is 0.347. The second-order valence-electron chi connectivity index (χ2n) is 42.2. The van der Waals surface area contributed by atoms with Crippen molar-refractivity contribution in [3.8, 4) is 0 Å². The van der Waals surface area contributed by atoms with Crippen LogP contribution in [0.4, 0.5) is 4.79 Å². The minimum absolute atomic E-state index is 0.00423. The van der Waals surface area contributed by atoms with Crippen molar-refractivity contribution in [2.45, 2.75) is 298 Å². The molecule has 12 saturated carbocycles. The van der Waals surface area contributed by atoms with Crippen LogP contribution in [0.5, 0.6) is 0 Å². The van der Waals surface area contributed by atoms with Crippen LogP contribution in [0.1, 0.15) is 261 Å². The second kappa shape index (κ2) is 43.2. The van der Waals surface area contributed by atoms with Gasteiger partial charge in [-0.15, -0.1) is 0 Å². The van der Waals surface area contributed by atoms with Crippen molar-refractivity contribution < 1.29 is 124 Å². The maximum atomic E-state index is 12.7. The first-order valence-electron chi connectivity index (χ1n) is 46.5. The summed E-state index contributed by atoms with van der Waals surface area (Å²) in [4.78, 5) is 144. The van der Waals surface area contributed by atoms with Crippen LogP contribution < -0.4 is 47.0 Å². The van der Waals surface area contributed by atoms with E-state index in [0.717, 1.165) is 148 Å². The fourth-order valence-corrected chi connectivity index (χ4v) is 30.9. The Hall–Kier alpha value is -3.87. The van der Waals surface area contributed by atoms with Crippen LogP contribution in [0.25, 0.3) is 0 Å². The number of aliphatic carboxylic acids is 2. The number of aliphatic hydroxyl groups excluding tert-OH is 3. The maximum Gasteiger partial charge on any atom is 0.410 e. The molecule has 12 aliphatic rings. The van der Waals surface area contributed by atoms with Crippen molar-refractivity contribution in [1.29, 1.82) is 0 Å². The maximum absolute atomic E-state index is 12.7. The fraction of sp³-hybridized carbons (Fsp3) is 0.886. The number of carbonyl (C=O) groups excluding carboxylic acids is 8. The average molecular weight is 1940 g/mol. The van der Waals surface area contributed by atoms with E-state index in [9.17, 15) is 96.2 Å². The molecule has 128 heavy (non-hydrogen) atoms. The molecule has 33 nitrogen and oxygen atoms in total. The first kappa shape index (κ1) is 106. The van der Waals surface area contributed by atoms with E-state index >= 15 is 0 Å². The average Bonchev–Trinajstić information content (AvgIpc) is 1.47. The Kier molecular flexibility index (Phi) is 35.9. The second-order valence-corrected chi connectivity index (χ2v) is 54.2. The van der Waals surface area contributed by atoms with E-state index in [4.69, 9.17) is 18.3 Å². The van der Waals surface area contributed by atoms with E-state index in [0.29, 0.717) is 78.4 Å². The van der Waals surface area contributed by atoms with E-state index in [1.54, 1.807) is 0 Å². The van der Waals surface area contributed by atoms with Gasteiger partial charge in [0.2, 0.25) is 35.4 Å². The summed E-state index contributed by atoms with van der Waals surface area (Å²) in [6, 6.07) is -0.197. The summed E-state index contributed by atoms with van der Waals surface area (Å²) in [5, 5.41) is 71.9. The van der Waals surface area contributed by atoms with Crippen molar-refractivity contribution in [3.05, 3.63) is 0 Å². The molecule has 0 radical (unpaired) electrons. The van der Waals surface area contributed by atoms with Crippen molar-refractivity contribution in [3.63, 3.8) is 0 Å². The van der Waals surface area contributed by atoms with Crippen molar-refractivity contribution in [2.24, 2.45) is 139 Å². The Bertz CT molecular complexity index is 4270. The molecule has 730 valence electrons. The largest absolute Gasteiger partial charge is 0.801 e. The minimum atomic E-state index is -4.16. The highest BCUT2D eigenvalue weighted by Gasteiger charge is 2.67. The van der Waals surface area contributed by atoms with Crippen LogP contribution in [0.2, 0.25) is 0 Å². The zero-order chi connectivity index (χ0) is 94.6. The molecule has 0 aromatic rings. The quantitative estimate of drug-likeness (QED) is 0.00956. The standard InChI is InChI=1S/C30H50N3O10PS.C30H51N2O9PS2.C28H47N2O7PS/c1-17(11-26(37)38)20-5-6-21-27-22(8-10-30(20,21)3)29(2)9-7-19(12-18(29)13-23(27)34)33-25(36)14-24(35)31-15-42-28(39)32-16-43-44(40,45)41-4;1-18(13-21(33)9-12-44(38,39)40)22-5-6-23-28-24(8-11-30(22,23)3)29(2)10-7-20(14-19(29)15-25(28)34)32-27(36)16-26(35)31-17-41-42(4,37)43;1-16(11-25(34)35)19-5-6-20-26-21(8-10-28(19,20)3)27(2)9-7-18(12-17(27)13-22(26)31)30-24(33)14-23(32)29-15-37-38(4,36)39/h17-23,27,34H,5-16H2,1-4H3,(H,31,35)(H,32,39)(H,33,36)(H,37,38)(H,40,45);18-20,22-25,28,34H,5-17H2,1-4H3,(H,31,35)(H,32,36)(H,37,43)(H,38,39,40);16-22,26,31H,5-15H2,1-4H3,(H,29,32)(H,30,33)(H,34,35)(H,36,39)/p-3/t17-,18?,19-,20?,21?,22?,23+,27?,29+,30-,44?;18-,19?,20-,22?,23?,24?,25+,28?,29+,30-,42?;16-,17?,18-,19?,20?,21?,22+,26?,27+,28-,38?/m000/s1. The van der Waals surface area contributed by atoms with Crippen LogP contribution in [0, 0.1) is 139 Å². The molecular formula is C88H145N7O26P3S4-3. The number of carboxylic acids is 2. The van der Waals surface area contributed by atoms with Gasteiger partial charge in [-0.3, -0.25) is 53.0 Å². The SMILES string of the molecule is COP([O-])(=S)OCNC(=O)OCNC(=O)CC(=O)N[C@H]1CC[C@]2(C)C(C1)C[C@@H](O)C1C2CC[C@]2(C)C1CCC2[C@@H](C)CC(=O)O.C[C@@H](CC(=O)CCS(=O)(=O)O)C1CCC2C3C(CC[C@]21C)[C@]1(C)CC[C@H](NC(=O)CC(=O)NCOP(C)(=O)[S-])CC1C[C@H]3O.C[C@@H](CC(=O)O)C1CCC2C3C(CC[C@]21C)[C@]1(C)CC[C@H](NC(=O)CC(=O)NCOP(C)([O-])=S)CC1C[C@H]3O. The van der Waals surface area contributed by atoms with E-state index < -0.39 is 109 Å². The first-order valence-corrected chi connectivity index (χ1v) is 56.8. The first-order chi connectivity index (χ1) is 59.5. The molecule has 12 fully saturated rings. The summed E-state index contributed by atoms with van der Waals surface area (Å²) < 4.78 is 66.3. The molecule has 0 spiro atoms. The highest BCUT2D eigenvalue weighted by Crippen LogP contribution is 2.72. The Labute approximate surface area is 771 Å². The molecule has 13 N–H and O–H groups in total. The number of aliphatic hydroxyl groups is 3. The normalized spacial score (nSPS) is 39.2. The molecule has 0 bridgehead atoms. The summed E-state index contributed by atoms with van der Waals surface area (Å²) >= 11 is 13.8. The lowest BCUT2D eigenvalue weighted by Gasteiger charge is -2.62. The monoisotopic (exact) mass is 1940 g/mol. The number of Topliss-reactive ketones (excluding diaryl/α,β-unsaturated/α-hetero) is 1. The number of hydrogen-bond donors (Lipinski definition) is 13. The summed E-state index contributed by atoms with van der Waals surface area (Å²) in [6.45, 7) is 11.5. The van der Waals surface area contributed by atoms with Crippen LogP contribution in [0.15, 0.2) is 0 Å². The topological polar surface area (TPSA) is 520 Å². The summed E-state index contributed by atoms with van der Waals surface area (Å²) in [6.07, 6.45) is 19.4. The molecule has 0 aromatic carbocycles. The van der Waals surface area contributed by atoms with Crippen LogP contribution in [-0.4, -0.2) is 187 Å². The zero-order valence-electron chi connectivity index (χ0n) is 76.6. The smallest absolute Gasteiger partial charge is 0.410 e. The number of hydrogen-bond acceptors (Lipinski definition) is 26. The molecule has 0 heterocycles. The Morgan fingerprint density at radius 2 is 0.766 bits per heavy atom. The molecule has 0 aromatic heterocycles. The zero-order valence-corrected chi connectivity index (χ0v) is 82.6. The van der Waals surface area contributed by atoms with E-state index in [-0.39, 0.29) is 167 Å². The van der Waals surface area contributed by atoms with Crippen molar-refractivity contribution in [1.82, 2.24) is 37.2 Å². The van der Waals surface area contributed by atoms with Gasteiger partial charge in [-0.25, -0.2) is 4.79 Å². The van der Waals surface area contributed by atoms with Crippen LogP contribution in [0.3, 0.4) is 0 Å². The van der Waals surface area contributed by atoms with E-state index in [1.807, 2.05) is 0 Å². The molecule has 40 heteroatoms. The lowest BCUT2D eigenvalue weighted by Crippen LogP contribution is -2.59. The number of carbonyl (C=O) groups is 10. The Morgan fingerprint density at radius 3 is 1.09 bits per heavy atom. The van der Waals surface area contributed by atoms with Gasteiger partial charge in [0.15, 0.2) is 6.73 Å². The summed E-state index contributed by atoms with van der Waals surface area (Å²) in [7, 11) is -3.05. The number of ether oxygens (including phenoxy) is 1. The van der Waals surface area contributed by atoms with Gasteiger partial charge in [-0.2, -0.15) is 8.42 Å². The van der Waals surface area contributed by atoms with Gasteiger partial charge in [0.1, 0.15) is 52.0 Å². The number of amides is 7. The third-order valence-electron chi connectivity index (χ3n) is 34.8. The Morgan fingerprint density at radius 1 is 0.453 bits per heavy atom. The van der Waals surface area contributed by atoms with Gasteiger partial charge < -0.3 is 107 Å². The third-order valence-corrected chi connectivity index (χ3v) is 39.0. The molecular weight excluding hydrogens is 1790 g/mol. The number of carboxylic acid groups (broad SMARTS) is 2. The molecule has 33 atom stereocenters. The number of nitrogens with one attached hydrogen (secondary N) is 7. The van der Waals surface area contributed by atoms with Crippen molar-refractivity contribution in [2.75, 3.05) is 53.1 Å². The Balaban J connectivity index is 0.000000200. The minimum Gasteiger partial charge on any atom is -0.801 e. The number of alkyl carbamates (subject to hydrolysis) is 1. The van der Waals surface area contributed by atoms with E-state index in [2.05, 4.69) is 144 Å². The number of rotatable bonds is 33. The number of ketones is 1. The third kappa shape index (κ3) is 25.9. The lowest BCUT2D eigenvalue weighted by atomic mass is 9.43. The van der Waals surface area contributed by atoms with E-state index in [1.165, 1.54) is 13.3 Å². The van der Waals surface area contributed by atoms with Gasteiger partial charge >= 0.3 is 18.0 Å². The van der Waals surface area contributed by atoms with Crippen molar-refractivity contribution >= 4 is 125 Å². The highest BCUT2D eigenvalue weighted by molar-refractivity contribution is 8.34. The molecule has 12 aliphatic carbocycles.